The van der Waals surface area contributed by atoms with Gasteiger partial charge in [0.05, 0.1) is 23.5 Å². The predicted octanol–water partition coefficient (Wildman–Crippen LogP) is 7.95. The first-order valence-corrected chi connectivity index (χ1v) is 14.8. The second kappa shape index (κ2) is 13.9. The molecule has 2 aromatic carbocycles. The molecule has 6 heteroatoms. The molecule has 0 fully saturated rings. The Hall–Kier alpha value is -3.48. The van der Waals surface area contributed by atoms with Gasteiger partial charge in [0.25, 0.3) is 5.91 Å². The lowest BCUT2D eigenvalue weighted by molar-refractivity contribution is 0.0619. The zero-order valence-corrected chi connectivity index (χ0v) is 24.6. The molecule has 0 saturated heterocycles. The lowest BCUT2D eigenvalue weighted by atomic mass is 9.91. The highest BCUT2D eigenvalue weighted by Gasteiger charge is 2.31. The van der Waals surface area contributed by atoms with Gasteiger partial charge in [0, 0.05) is 23.5 Å². The van der Waals surface area contributed by atoms with E-state index in [1.54, 1.807) is 12.1 Å². The first-order chi connectivity index (χ1) is 19.7. The number of carbonyl (C=O) groups is 1. The number of anilines is 1. The van der Waals surface area contributed by atoms with Crippen molar-refractivity contribution in [3.05, 3.63) is 95.5 Å². The van der Waals surface area contributed by atoms with Gasteiger partial charge in [-0.05, 0) is 91.5 Å². The number of rotatable bonds is 12. The van der Waals surface area contributed by atoms with E-state index in [0.717, 1.165) is 40.9 Å². The Morgan fingerprint density at radius 2 is 1.66 bits per heavy atom. The second-order valence-electron chi connectivity index (χ2n) is 11.7. The number of allylic oxidation sites excluding steroid dienone is 4. The van der Waals surface area contributed by atoms with Gasteiger partial charge in [-0.2, -0.15) is 0 Å². The molecule has 2 atom stereocenters. The molecule has 41 heavy (non-hydrogen) atoms. The summed E-state index contributed by atoms with van der Waals surface area (Å²) in [6.45, 7) is 8.68. The highest BCUT2D eigenvalue weighted by atomic mass is 19.1. The quantitative estimate of drug-likeness (QED) is 0.211. The number of amides is 1. The van der Waals surface area contributed by atoms with Crippen LogP contribution >= 0.6 is 0 Å². The van der Waals surface area contributed by atoms with Gasteiger partial charge in [-0.25, -0.2) is 4.39 Å². The van der Waals surface area contributed by atoms with Crippen molar-refractivity contribution in [3.63, 3.8) is 0 Å². The molecule has 2 unspecified atom stereocenters. The molecule has 1 aliphatic rings. The molecule has 0 saturated carbocycles. The predicted molar refractivity (Wildman–Crippen MR) is 165 cm³/mol. The maximum atomic E-state index is 14.1. The summed E-state index contributed by atoms with van der Waals surface area (Å²) in [5.41, 5.74) is 5.58. The standard InChI is InChI=1S/C35H43FN2O3/c1-23(2)21-30(40)22-29(39)19-20-38-33(24(3)4)32(35(41)37-28-13-9-6-10-14-28)31(25-11-7-5-8-12-25)34(38)26-15-17-27(36)18-16-26/h6-7,9-18,23-24,29-30,39-40H,5,8,19-22H2,1-4H3,(H,37,41). The van der Waals surface area contributed by atoms with Crippen LogP contribution in [-0.2, 0) is 6.54 Å². The van der Waals surface area contributed by atoms with Crippen LogP contribution in [-0.4, -0.2) is 32.9 Å². The van der Waals surface area contributed by atoms with Crippen LogP contribution in [0.5, 0.6) is 0 Å². The molecule has 0 aliphatic heterocycles. The van der Waals surface area contributed by atoms with Crippen molar-refractivity contribution in [2.75, 3.05) is 5.32 Å². The largest absolute Gasteiger partial charge is 0.393 e. The van der Waals surface area contributed by atoms with Crippen molar-refractivity contribution in [2.24, 2.45) is 5.92 Å². The Labute approximate surface area is 243 Å². The summed E-state index contributed by atoms with van der Waals surface area (Å²) in [7, 11) is 0. The second-order valence-corrected chi connectivity index (χ2v) is 11.7. The number of aliphatic hydroxyl groups excluding tert-OH is 2. The van der Waals surface area contributed by atoms with Crippen LogP contribution in [0.4, 0.5) is 10.1 Å². The summed E-state index contributed by atoms with van der Waals surface area (Å²) in [6, 6.07) is 15.8. The van der Waals surface area contributed by atoms with E-state index in [-0.39, 0.29) is 17.6 Å². The molecule has 218 valence electrons. The van der Waals surface area contributed by atoms with Crippen LogP contribution in [0.3, 0.4) is 0 Å². The van der Waals surface area contributed by atoms with E-state index >= 15 is 0 Å². The topological polar surface area (TPSA) is 74.5 Å². The van der Waals surface area contributed by atoms with Crippen molar-refractivity contribution in [3.8, 4) is 11.3 Å². The van der Waals surface area contributed by atoms with Gasteiger partial charge in [0.1, 0.15) is 5.82 Å². The molecule has 1 heterocycles. The van der Waals surface area contributed by atoms with Crippen LogP contribution in [0, 0.1) is 11.7 Å². The average molecular weight is 559 g/mol. The summed E-state index contributed by atoms with van der Waals surface area (Å²) >= 11 is 0. The van der Waals surface area contributed by atoms with Gasteiger partial charge < -0.3 is 20.1 Å². The van der Waals surface area contributed by atoms with Gasteiger partial charge in [-0.3, -0.25) is 4.79 Å². The van der Waals surface area contributed by atoms with Gasteiger partial charge >= 0.3 is 0 Å². The Balaban J connectivity index is 1.87. The first-order valence-electron chi connectivity index (χ1n) is 14.8. The van der Waals surface area contributed by atoms with Crippen molar-refractivity contribution >= 4 is 17.2 Å². The lowest BCUT2D eigenvalue weighted by Crippen LogP contribution is -2.22. The highest BCUT2D eigenvalue weighted by Crippen LogP contribution is 2.41. The first kappa shape index (κ1) is 30.5. The molecule has 4 rings (SSSR count). The number of aromatic nitrogens is 1. The average Bonchev–Trinajstić information content (AvgIpc) is 3.28. The molecular weight excluding hydrogens is 515 g/mol. The molecule has 0 bridgehead atoms. The van der Waals surface area contributed by atoms with Gasteiger partial charge in [-0.1, -0.05) is 64.1 Å². The summed E-state index contributed by atoms with van der Waals surface area (Å²) < 4.78 is 16.2. The van der Waals surface area contributed by atoms with E-state index in [9.17, 15) is 19.4 Å². The zero-order chi connectivity index (χ0) is 29.5. The maximum Gasteiger partial charge on any atom is 0.258 e. The van der Waals surface area contributed by atoms with Crippen LogP contribution in [0.1, 0.15) is 87.3 Å². The molecule has 1 aromatic heterocycles. The monoisotopic (exact) mass is 558 g/mol. The number of aliphatic hydroxyl groups is 2. The maximum absolute atomic E-state index is 14.1. The van der Waals surface area contributed by atoms with Crippen LogP contribution < -0.4 is 5.32 Å². The van der Waals surface area contributed by atoms with Crippen LogP contribution in [0.25, 0.3) is 16.8 Å². The lowest BCUT2D eigenvalue weighted by Gasteiger charge is -2.21. The minimum atomic E-state index is -0.703. The smallest absolute Gasteiger partial charge is 0.258 e. The number of para-hydroxylation sites is 1. The SMILES string of the molecule is CC(C)CC(O)CC(O)CCn1c(-c2ccc(F)cc2)c(C2=CCCC=C2)c(C(=O)Nc2ccccc2)c1C(C)C. The number of hydrogen-bond donors (Lipinski definition) is 3. The summed E-state index contributed by atoms with van der Waals surface area (Å²) in [6.07, 6.45) is 8.21. The van der Waals surface area contributed by atoms with Crippen molar-refractivity contribution < 1.29 is 19.4 Å². The van der Waals surface area contributed by atoms with Crippen LogP contribution in [0.15, 0.2) is 72.8 Å². The van der Waals surface area contributed by atoms with E-state index < -0.39 is 12.2 Å². The minimum absolute atomic E-state index is 0.0173. The fourth-order valence-electron chi connectivity index (χ4n) is 5.75. The molecular formula is C35H43FN2O3. The van der Waals surface area contributed by atoms with Gasteiger partial charge in [0.15, 0.2) is 0 Å². The minimum Gasteiger partial charge on any atom is -0.393 e. The number of carbonyl (C=O) groups excluding carboxylic acids is 1. The molecule has 0 spiro atoms. The molecule has 3 aromatic rings. The molecule has 1 aliphatic carbocycles. The van der Waals surface area contributed by atoms with E-state index in [1.165, 1.54) is 12.1 Å². The third-order valence-electron chi connectivity index (χ3n) is 7.48. The Bertz CT molecular complexity index is 1370. The molecule has 1 amide bonds. The van der Waals surface area contributed by atoms with Gasteiger partial charge in [0.2, 0.25) is 0 Å². The van der Waals surface area contributed by atoms with E-state index in [2.05, 4.69) is 55.8 Å². The number of hydrogen-bond acceptors (Lipinski definition) is 3. The number of nitrogens with zero attached hydrogens (tertiary/aromatic N) is 1. The fraction of sp³-hybridized carbons (Fsp3) is 0.400. The Morgan fingerprint density at radius 3 is 2.27 bits per heavy atom. The fourth-order valence-corrected chi connectivity index (χ4v) is 5.75. The normalized spacial score (nSPS) is 14.8. The third kappa shape index (κ3) is 7.63. The number of nitrogens with one attached hydrogen (secondary N) is 1. The summed E-state index contributed by atoms with van der Waals surface area (Å²) in [4.78, 5) is 14.1. The van der Waals surface area contributed by atoms with Crippen molar-refractivity contribution in [2.45, 2.75) is 84.5 Å². The van der Waals surface area contributed by atoms with Crippen molar-refractivity contribution in [1.29, 1.82) is 0 Å². The van der Waals surface area contributed by atoms with E-state index in [4.69, 9.17) is 0 Å². The third-order valence-corrected chi connectivity index (χ3v) is 7.48. The molecule has 3 N–H and O–H groups in total. The highest BCUT2D eigenvalue weighted by molar-refractivity contribution is 6.11. The number of benzene rings is 2. The van der Waals surface area contributed by atoms with E-state index in [1.807, 2.05) is 30.3 Å². The van der Waals surface area contributed by atoms with Crippen molar-refractivity contribution in [1.82, 2.24) is 4.57 Å². The van der Waals surface area contributed by atoms with Gasteiger partial charge in [-0.15, -0.1) is 0 Å². The Morgan fingerprint density at radius 1 is 0.951 bits per heavy atom. The summed E-state index contributed by atoms with van der Waals surface area (Å²) in [5.74, 6) is -0.212. The number of halogens is 1. The molecule has 5 nitrogen and oxygen atoms in total. The van der Waals surface area contributed by atoms with Crippen LogP contribution in [0.2, 0.25) is 0 Å². The summed E-state index contributed by atoms with van der Waals surface area (Å²) in [5, 5.41) is 24.5. The Kier molecular flexibility index (Phi) is 10.4. The zero-order valence-electron chi connectivity index (χ0n) is 24.6. The van der Waals surface area contributed by atoms with E-state index in [0.29, 0.717) is 43.0 Å². The molecule has 0 radical (unpaired) electrons.